The molecule has 0 aliphatic heterocycles. The Balaban J connectivity index is 1.57. The van der Waals surface area contributed by atoms with Crippen molar-refractivity contribution in [1.29, 1.82) is 0 Å². The lowest BCUT2D eigenvalue weighted by Crippen LogP contribution is -2.48. The van der Waals surface area contributed by atoms with Crippen LogP contribution in [0.3, 0.4) is 0 Å². The molecule has 1 aromatic heterocycles. The van der Waals surface area contributed by atoms with E-state index in [1.165, 1.54) is 10.9 Å². The lowest BCUT2D eigenvalue weighted by Gasteiger charge is -2.29. The number of benzene rings is 1. The van der Waals surface area contributed by atoms with E-state index in [1.54, 1.807) is 0 Å². The summed E-state index contributed by atoms with van der Waals surface area (Å²) in [5.41, 5.74) is 7.80. The fourth-order valence-corrected chi connectivity index (χ4v) is 4.21. The first-order chi connectivity index (χ1) is 13.0. The predicted octanol–water partition coefficient (Wildman–Crippen LogP) is 3.52. The summed E-state index contributed by atoms with van der Waals surface area (Å²) in [5.74, 6) is 0.361. The van der Waals surface area contributed by atoms with Crippen LogP contribution in [0, 0.1) is 11.8 Å². The van der Waals surface area contributed by atoms with Gasteiger partial charge < -0.3 is 11.1 Å². The number of aromatic nitrogens is 1. The third-order valence-electron chi connectivity index (χ3n) is 5.73. The van der Waals surface area contributed by atoms with Gasteiger partial charge in [0.1, 0.15) is 6.04 Å². The van der Waals surface area contributed by atoms with Crippen LogP contribution in [-0.2, 0) is 9.59 Å². The van der Waals surface area contributed by atoms with Gasteiger partial charge in [-0.2, -0.15) is 0 Å². The van der Waals surface area contributed by atoms with Gasteiger partial charge in [0.2, 0.25) is 11.8 Å². The minimum atomic E-state index is -0.586. The second-order valence-corrected chi connectivity index (χ2v) is 8.03. The highest BCUT2D eigenvalue weighted by Crippen LogP contribution is 2.39. The Bertz CT molecular complexity index is 805. The molecule has 1 unspecified atom stereocenters. The second kappa shape index (κ2) is 8.51. The van der Waals surface area contributed by atoms with E-state index in [2.05, 4.69) is 34.6 Å². The normalized spacial score (nSPS) is 21.1. The first kappa shape index (κ1) is 19.3. The molecule has 5 nitrogen and oxygen atoms in total. The smallest absolute Gasteiger partial charge is 0.240 e. The van der Waals surface area contributed by atoms with Crippen molar-refractivity contribution in [2.45, 2.75) is 57.9 Å². The fourth-order valence-electron chi connectivity index (χ4n) is 4.21. The number of hydrogen-bond donors (Lipinski definition) is 2. The number of hydrogen-bond acceptors (Lipinski definition) is 3. The Hall–Kier alpha value is -2.43. The van der Waals surface area contributed by atoms with E-state index >= 15 is 0 Å². The molecule has 0 radical (unpaired) electrons. The molecule has 0 bridgehead atoms. The van der Waals surface area contributed by atoms with Gasteiger partial charge in [0.15, 0.2) is 0 Å². The monoisotopic (exact) mass is 367 g/mol. The van der Waals surface area contributed by atoms with Crippen molar-refractivity contribution < 1.29 is 9.59 Å². The summed E-state index contributed by atoms with van der Waals surface area (Å²) in [5, 5.41) is 4.05. The van der Waals surface area contributed by atoms with Crippen LogP contribution < -0.4 is 11.1 Å². The van der Waals surface area contributed by atoms with Gasteiger partial charge in [0.05, 0.1) is 5.52 Å². The van der Waals surface area contributed by atoms with Crippen LogP contribution in [0.1, 0.15) is 57.4 Å². The Kier molecular flexibility index (Phi) is 6.09. The quantitative estimate of drug-likeness (QED) is 0.819. The van der Waals surface area contributed by atoms with Crippen LogP contribution in [0.5, 0.6) is 0 Å². The molecule has 2 amide bonds. The van der Waals surface area contributed by atoms with Crippen molar-refractivity contribution in [1.82, 2.24) is 10.3 Å². The SMILES string of the molecule is CC(C)C(NC(=O)CC1CCC(c2ccnc3ccccc23)CC1)C(N)=O. The van der Waals surface area contributed by atoms with E-state index in [0.29, 0.717) is 18.3 Å². The zero-order chi connectivity index (χ0) is 19.4. The average molecular weight is 367 g/mol. The second-order valence-electron chi connectivity index (χ2n) is 8.03. The van der Waals surface area contributed by atoms with E-state index < -0.39 is 11.9 Å². The van der Waals surface area contributed by atoms with Gasteiger partial charge in [-0.25, -0.2) is 0 Å². The maximum absolute atomic E-state index is 12.3. The number of fused-ring (bicyclic) bond motifs is 1. The van der Waals surface area contributed by atoms with Crippen LogP contribution in [-0.4, -0.2) is 22.8 Å². The summed E-state index contributed by atoms with van der Waals surface area (Å²) < 4.78 is 0. The van der Waals surface area contributed by atoms with Crippen LogP contribution >= 0.6 is 0 Å². The summed E-state index contributed by atoms with van der Waals surface area (Å²) in [6.07, 6.45) is 6.58. The Labute approximate surface area is 160 Å². The molecule has 3 rings (SSSR count). The highest BCUT2D eigenvalue weighted by atomic mass is 16.2. The average Bonchev–Trinajstić information content (AvgIpc) is 2.66. The molecule has 5 heteroatoms. The van der Waals surface area contributed by atoms with Gasteiger partial charge in [-0.15, -0.1) is 0 Å². The van der Waals surface area contributed by atoms with E-state index in [4.69, 9.17) is 5.73 Å². The highest BCUT2D eigenvalue weighted by Gasteiger charge is 2.27. The van der Waals surface area contributed by atoms with Crippen LogP contribution in [0.25, 0.3) is 10.9 Å². The number of rotatable bonds is 6. The molecular weight excluding hydrogens is 338 g/mol. The minimum absolute atomic E-state index is 0.00200. The molecule has 1 atom stereocenters. The van der Waals surface area contributed by atoms with Gasteiger partial charge in [0.25, 0.3) is 0 Å². The van der Waals surface area contributed by atoms with Crippen molar-refractivity contribution in [3.8, 4) is 0 Å². The molecular formula is C22H29N3O2. The Morgan fingerprint density at radius 1 is 1.15 bits per heavy atom. The molecule has 1 saturated carbocycles. The largest absolute Gasteiger partial charge is 0.368 e. The summed E-state index contributed by atoms with van der Waals surface area (Å²) in [6, 6.07) is 9.83. The number of carbonyl (C=O) groups excluding carboxylic acids is 2. The third kappa shape index (κ3) is 4.65. The van der Waals surface area contributed by atoms with Crippen molar-refractivity contribution in [2.75, 3.05) is 0 Å². The number of nitrogens with one attached hydrogen (secondary N) is 1. The maximum Gasteiger partial charge on any atom is 0.240 e. The number of nitrogens with zero attached hydrogens (tertiary/aromatic N) is 1. The van der Waals surface area contributed by atoms with Crippen molar-refractivity contribution in [3.05, 3.63) is 42.1 Å². The molecule has 144 valence electrons. The molecule has 1 aromatic carbocycles. The van der Waals surface area contributed by atoms with Gasteiger partial charge in [-0.1, -0.05) is 32.0 Å². The fraction of sp³-hybridized carbons (Fsp3) is 0.500. The van der Waals surface area contributed by atoms with Crippen LogP contribution in [0.4, 0.5) is 0 Å². The standard InChI is InChI=1S/C22H29N3O2/c1-14(2)21(22(23)27)25-20(26)13-15-7-9-16(10-8-15)17-11-12-24-19-6-4-3-5-18(17)19/h3-6,11-12,14-16,21H,7-10,13H2,1-2H3,(H2,23,27)(H,25,26). The first-order valence-electron chi connectivity index (χ1n) is 9.88. The number of carbonyl (C=O) groups is 2. The molecule has 27 heavy (non-hydrogen) atoms. The van der Waals surface area contributed by atoms with Gasteiger partial charge in [0, 0.05) is 18.0 Å². The van der Waals surface area contributed by atoms with Crippen molar-refractivity contribution in [3.63, 3.8) is 0 Å². The molecule has 1 aliphatic carbocycles. The van der Waals surface area contributed by atoms with E-state index in [9.17, 15) is 9.59 Å². The number of nitrogens with two attached hydrogens (primary N) is 1. The minimum Gasteiger partial charge on any atom is -0.368 e. The van der Waals surface area contributed by atoms with Crippen LogP contribution in [0.2, 0.25) is 0 Å². The first-order valence-corrected chi connectivity index (χ1v) is 9.88. The zero-order valence-corrected chi connectivity index (χ0v) is 16.2. The zero-order valence-electron chi connectivity index (χ0n) is 16.2. The summed E-state index contributed by atoms with van der Waals surface area (Å²) in [6.45, 7) is 3.78. The van der Waals surface area contributed by atoms with Crippen LogP contribution in [0.15, 0.2) is 36.5 Å². The van der Waals surface area contributed by atoms with Gasteiger partial charge >= 0.3 is 0 Å². The Morgan fingerprint density at radius 2 is 1.85 bits per heavy atom. The molecule has 1 fully saturated rings. The molecule has 1 aliphatic rings. The predicted molar refractivity (Wildman–Crippen MR) is 107 cm³/mol. The van der Waals surface area contributed by atoms with E-state index in [-0.39, 0.29) is 11.8 Å². The molecule has 3 N–H and O–H groups in total. The number of pyridine rings is 1. The van der Waals surface area contributed by atoms with E-state index in [0.717, 1.165) is 31.2 Å². The third-order valence-corrected chi connectivity index (χ3v) is 5.73. The molecule has 2 aromatic rings. The highest BCUT2D eigenvalue weighted by molar-refractivity contribution is 5.86. The molecule has 0 spiro atoms. The number of primary amides is 1. The van der Waals surface area contributed by atoms with Crippen molar-refractivity contribution in [2.24, 2.45) is 17.6 Å². The summed E-state index contributed by atoms with van der Waals surface area (Å²) in [4.78, 5) is 28.3. The molecule has 0 saturated heterocycles. The summed E-state index contributed by atoms with van der Waals surface area (Å²) in [7, 11) is 0. The molecule has 1 heterocycles. The topological polar surface area (TPSA) is 85.1 Å². The number of amides is 2. The van der Waals surface area contributed by atoms with E-state index in [1.807, 2.05) is 26.1 Å². The summed E-state index contributed by atoms with van der Waals surface area (Å²) >= 11 is 0. The lowest BCUT2D eigenvalue weighted by molar-refractivity contribution is -0.129. The van der Waals surface area contributed by atoms with Gasteiger partial charge in [-0.3, -0.25) is 14.6 Å². The Morgan fingerprint density at radius 3 is 2.52 bits per heavy atom. The lowest BCUT2D eigenvalue weighted by atomic mass is 9.77. The van der Waals surface area contributed by atoms with Gasteiger partial charge in [-0.05, 0) is 61.1 Å². The van der Waals surface area contributed by atoms with Crippen molar-refractivity contribution >= 4 is 22.7 Å². The maximum atomic E-state index is 12.3. The number of para-hydroxylation sites is 1.